The minimum absolute atomic E-state index is 0.238. The SMILES string of the molecule is Cc1cccc(NC(C)c2cnn(C)c2)c1Br. The highest BCUT2D eigenvalue weighted by atomic mass is 79.9. The Hall–Kier alpha value is -1.29. The predicted molar refractivity (Wildman–Crippen MR) is 74.1 cm³/mol. The Morgan fingerprint density at radius 2 is 2.18 bits per heavy atom. The van der Waals surface area contributed by atoms with Crippen LogP contribution in [0.5, 0.6) is 0 Å². The number of aromatic nitrogens is 2. The van der Waals surface area contributed by atoms with Crippen LogP contribution in [0.15, 0.2) is 35.1 Å². The van der Waals surface area contributed by atoms with Crippen molar-refractivity contribution in [2.45, 2.75) is 19.9 Å². The molecule has 0 saturated heterocycles. The zero-order valence-corrected chi connectivity index (χ0v) is 11.8. The zero-order valence-electron chi connectivity index (χ0n) is 10.2. The monoisotopic (exact) mass is 293 g/mol. The van der Waals surface area contributed by atoms with Crippen molar-refractivity contribution in [2.24, 2.45) is 7.05 Å². The van der Waals surface area contributed by atoms with Crippen LogP contribution in [-0.2, 0) is 7.05 Å². The molecular weight excluding hydrogens is 278 g/mol. The number of anilines is 1. The van der Waals surface area contributed by atoms with Crippen LogP contribution < -0.4 is 5.32 Å². The molecule has 4 heteroatoms. The Morgan fingerprint density at radius 1 is 1.41 bits per heavy atom. The smallest absolute Gasteiger partial charge is 0.0542 e. The molecule has 0 bridgehead atoms. The van der Waals surface area contributed by atoms with Crippen molar-refractivity contribution in [2.75, 3.05) is 5.32 Å². The van der Waals surface area contributed by atoms with Crippen LogP contribution in [0.4, 0.5) is 5.69 Å². The number of halogens is 1. The van der Waals surface area contributed by atoms with Gasteiger partial charge in [-0.05, 0) is 41.4 Å². The van der Waals surface area contributed by atoms with Gasteiger partial charge in [-0.25, -0.2) is 0 Å². The second kappa shape index (κ2) is 4.92. The quantitative estimate of drug-likeness (QED) is 0.936. The van der Waals surface area contributed by atoms with E-state index in [4.69, 9.17) is 0 Å². The second-order valence-corrected chi connectivity index (χ2v) is 5.04. The molecule has 2 aromatic rings. The number of nitrogens with one attached hydrogen (secondary N) is 1. The van der Waals surface area contributed by atoms with E-state index in [2.05, 4.69) is 58.4 Å². The maximum Gasteiger partial charge on any atom is 0.0542 e. The molecule has 1 aromatic carbocycles. The lowest BCUT2D eigenvalue weighted by Gasteiger charge is -2.16. The van der Waals surface area contributed by atoms with E-state index < -0.39 is 0 Å². The van der Waals surface area contributed by atoms with Crippen molar-refractivity contribution < 1.29 is 0 Å². The van der Waals surface area contributed by atoms with Gasteiger partial charge in [-0.3, -0.25) is 4.68 Å². The van der Waals surface area contributed by atoms with Crippen molar-refractivity contribution in [1.29, 1.82) is 0 Å². The Bertz CT molecular complexity index is 519. The highest BCUT2D eigenvalue weighted by Crippen LogP contribution is 2.28. The third kappa shape index (κ3) is 2.69. The third-order valence-corrected chi connectivity index (χ3v) is 3.84. The van der Waals surface area contributed by atoms with Gasteiger partial charge in [0.05, 0.1) is 12.2 Å². The summed E-state index contributed by atoms with van der Waals surface area (Å²) in [6, 6.07) is 6.45. The largest absolute Gasteiger partial charge is 0.377 e. The first-order valence-electron chi connectivity index (χ1n) is 5.58. The summed E-state index contributed by atoms with van der Waals surface area (Å²) in [6.07, 6.45) is 3.92. The molecule has 17 heavy (non-hydrogen) atoms. The third-order valence-electron chi connectivity index (χ3n) is 2.79. The average molecular weight is 294 g/mol. The minimum atomic E-state index is 0.238. The van der Waals surface area contributed by atoms with E-state index in [0.717, 1.165) is 10.2 Å². The first-order chi connectivity index (χ1) is 8.08. The van der Waals surface area contributed by atoms with Gasteiger partial charge in [0.15, 0.2) is 0 Å². The number of aryl methyl sites for hydroxylation is 2. The fourth-order valence-electron chi connectivity index (χ4n) is 1.74. The fraction of sp³-hybridized carbons (Fsp3) is 0.308. The van der Waals surface area contributed by atoms with Gasteiger partial charge in [0.2, 0.25) is 0 Å². The van der Waals surface area contributed by atoms with Gasteiger partial charge in [0, 0.05) is 29.0 Å². The molecule has 0 radical (unpaired) electrons. The first kappa shape index (κ1) is 12.2. The van der Waals surface area contributed by atoms with Gasteiger partial charge >= 0.3 is 0 Å². The van der Waals surface area contributed by atoms with Crippen molar-refractivity contribution in [3.8, 4) is 0 Å². The van der Waals surface area contributed by atoms with Crippen LogP contribution in [0.25, 0.3) is 0 Å². The Labute approximate surface area is 110 Å². The summed E-state index contributed by atoms with van der Waals surface area (Å²) in [5.41, 5.74) is 3.52. The molecule has 1 aromatic heterocycles. The highest BCUT2D eigenvalue weighted by molar-refractivity contribution is 9.10. The molecule has 2 rings (SSSR count). The highest BCUT2D eigenvalue weighted by Gasteiger charge is 2.09. The summed E-state index contributed by atoms with van der Waals surface area (Å²) < 4.78 is 2.94. The maximum atomic E-state index is 4.18. The van der Waals surface area contributed by atoms with Crippen LogP contribution in [0, 0.1) is 6.92 Å². The summed E-state index contributed by atoms with van der Waals surface area (Å²) in [5, 5.41) is 7.66. The predicted octanol–water partition coefficient (Wildman–Crippen LogP) is 3.66. The topological polar surface area (TPSA) is 29.9 Å². The number of nitrogens with zero attached hydrogens (tertiary/aromatic N) is 2. The van der Waals surface area contributed by atoms with E-state index >= 15 is 0 Å². The van der Waals surface area contributed by atoms with Crippen molar-refractivity contribution in [3.05, 3.63) is 46.2 Å². The van der Waals surface area contributed by atoms with E-state index in [-0.39, 0.29) is 6.04 Å². The van der Waals surface area contributed by atoms with Crippen LogP contribution in [0.3, 0.4) is 0 Å². The van der Waals surface area contributed by atoms with E-state index in [0.29, 0.717) is 0 Å². The summed E-state index contributed by atoms with van der Waals surface area (Å²) in [7, 11) is 1.93. The summed E-state index contributed by atoms with van der Waals surface area (Å²) in [6.45, 7) is 4.22. The second-order valence-electron chi connectivity index (χ2n) is 4.25. The number of hydrogen-bond donors (Lipinski definition) is 1. The number of benzene rings is 1. The van der Waals surface area contributed by atoms with Crippen LogP contribution in [0.1, 0.15) is 24.1 Å². The van der Waals surface area contributed by atoms with E-state index in [1.165, 1.54) is 11.1 Å². The molecule has 0 fully saturated rings. The van der Waals surface area contributed by atoms with Crippen LogP contribution in [0.2, 0.25) is 0 Å². The summed E-state index contributed by atoms with van der Waals surface area (Å²) in [5.74, 6) is 0. The lowest BCUT2D eigenvalue weighted by Crippen LogP contribution is -2.06. The molecule has 0 aliphatic rings. The Kier molecular flexibility index (Phi) is 3.52. The normalized spacial score (nSPS) is 12.5. The van der Waals surface area contributed by atoms with Gasteiger partial charge in [-0.2, -0.15) is 5.10 Å². The average Bonchev–Trinajstić information content (AvgIpc) is 2.72. The summed E-state index contributed by atoms with van der Waals surface area (Å²) >= 11 is 3.60. The van der Waals surface area contributed by atoms with Gasteiger partial charge < -0.3 is 5.32 Å². The fourth-order valence-corrected chi connectivity index (χ4v) is 2.12. The molecule has 1 heterocycles. The Morgan fingerprint density at radius 3 is 2.82 bits per heavy atom. The molecular formula is C13H16BrN3. The molecule has 0 aliphatic carbocycles. The van der Waals surface area contributed by atoms with Gasteiger partial charge in [0.1, 0.15) is 0 Å². The number of hydrogen-bond acceptors (Lipinski definition) is 2. The van der Waals surface area contributed by atoms with Crippen LogP contribution in [-0.4, -0.2) is 9.78 Å². The van der Waals surface area contributed by atoms with E-state index in [1.54, 1.807) is 0 Å². The molecule has 0 aliphatic heterocycles. The van der Waals surface area contributed by atoms with Gasteiger partial charge in [-0.15, -0.1) is 0 Å². The maximum absolute atomic E-state index is 4.18. The molecule has 90 valence electrons. The lowest BCUT2D eigenvalue weighted by molar-refractivity contribution is 0.765. The lowest BCUT2D eigenvalue weighted by atomic mass is 10.1. The van der Waals surface area contributed by atoms with Crippen molar-refractivity contribution in [1.82, 2.24) is 9.78 Å². The van der Waals surface area contributed by atoms with Crippen molar-refractivity contribution >= 4 is 21.6 Å². The van der Waals surface area contributed by atoms with E-state index in [1.807, 2.05) is 24.1 Å². The van der Waals surface area contributed by atoms with Gasteiger partial charge in [0.25, 0.3) is 0 Å². The molecule has 1 N–H and O–H groups in total. The molecule has 0 saturated carbocycles. The zero-order chi connectivity index (χ0) is 12.4. The standard InChI is InChI=1S/C13H16BrN3/c1-9-5-4-6-12(13(9)14)16-10(2)11-7-15-17(3)8-11/h4-8,10,16H,1-3H3. The molecule has 1 unspecified atom stereocenters. The molecule has 0 amide bonds. The molecule has 3 nitrogen and oxygen atoms in total. The van der Waals surface area contributed by atoms with E-state index in [9.17, 15) is 0 Å². The van der Waals surface area contributed by atoms with Crippen molar-refractivity contribution in [3.63, 3.8) is 0 Å². The first-order valence-corrected chi connectivity index (χ1v) is 6.37. The number of rotatable bonds is 3. The molecule has 0 spiro atoms. The Balaban J connectivity index is 2.18. The van der Waals surface area contributed by atoms with Crippen LogP contribution >= 0.6 is 15.9 Å². The summed E-state index contributed by atoms with van der Waals surface area (Å²) in [4.78, 5) is 0. The minimum Gasteiger partial charge on any atom is -0.377 e. The van der Waals surface area contributed by atoms with Gasteiger partial charge in [-0.1, -0.05) is 12.1 Å². The molecule has 1 atom stereocenters.